The molecule has 4 fully saturated rings. The monoisotopic (exact) mass is 1080 g/mol. The first-order valence-electron chi connectivity index (χ1n) is 24.2. The number of nitrogens with one attached hydrogen (secondary N) is 3. The minimum Gasteiger partial charge on any atom is -0.494 e. The predicted molar refractivity (Wildman–Crippen MR) is 281 cm³/mol. The van der Waals surface area contributed by atoms with E-state index in [1.165, 1.54) is 15.3 Å². The number of piperidine rings is 1. The number of fused-ring (bicyclic) bond motifs is 2. The van der Waals surface area contributed by atoms with E-state index in [1.54, 1.807) is 61.3 Å². The van der Waals surface area contributed by atoms with E-state index in [1.807, 2.05) is 31.6 Å². The van der Waals surface area contributed by atoms with E-state index in [0.717, 1.165) is 62.4 Å². The SMILES string of the molecule is COc1cc(N2CCC(CN3CCN(c4cc5c(cc4F)c(N4CCC(=O)NC4=O)nn5C)CC3)CC2)c(-c2cnn(C)c2)cc1Nc1ncc(Br)c(Nc2ccc3nccnc3c2N(C)S(=O)(=O)C2CC2)n1. The second-order valence-electron chi connectivity index (χ2n) is 19.0. The summed E-state index contributed by atoms with van der Waals surface area (Å²) in [5.74, 6) is 1.37. The third-order valence-corrected chi connectivity index (χ3v) is 17.1. The molecule has 1 saturated carbocycles. The van der Waals surface area contributed by atoms with E-state index in [9.17, 15) is 18.0 Å². The Morgan fingerprint density at radius 3 is 2.38 bits per heavy atom. The van der Waals surface area contributed by atoms with Gasteiger partial charge in [0.15, 0.2) is 5.82 Å². The molecule has 3 aliphatic heterocycles. The zero-order valence-corrected chi connectivity index (χ0v) is 43.1. The number of hydrogen-bond acceptors (Lipinski definition) is 16. The number of sulfonamides is 1. The van der Waals surface area contributed by atoms with Crippen molar-refractivity contribution in [1.29, 1.82) is 0 Å². The number of nitrogens with zero attached hydrogens (tertiary/aromatic N) is 13. The van der Waals surface area contributed by atoms with E-state index in [0.29, 0.717) is 98.4 Å². The number of hydrogen-bond donors (Lipinski definition) is 3. The van der Waals surface area contributed by atoms with Gasteiger partial charge in [-0.05, 0) is 77.9 Å². The number of amides is 3. The normalized spacial score (nSPS) is 17.2. The Hall–Kier alpha value is -7.18. The molecule has 380 valence electrons. The van der Waals surface area contributed by atoms with Gasteiger partial charge >= 0.3 is 6.03 Å². The molecule has 21 nitrogen and oxygen atoms in total. The number of anilines is 8. The lowest BCUT2D eigenvalue weighted by Gasteiger charge is -2.40. The van der Waals surface area contributed by atoms with Gasteiger partial charge in [-0.2, -0.15) is 15.2 Å². The van der Waals surface area contributed by atoms with Gasteiger partial charge in [-0.15, -0.1) is 0 Å². The summed E-state index contributed by atoms with van der Waals surface area (Å²) in [6.07, 6.45) is 11.9. The second kappa shape index (κ2) is 19.3. The van der Waals surface area contributed by atoms with Crippen molar-refractivity contribution in [2.45, 2.75) is 37.4 Å². The number of ether oxygens (including phenoxy) is 1. The molecule has 0 radical (unpaired) electrons. The van der Waals surface area contributed by atoms with Crippen molar-refractivity contribution in [3.8, 4) is 16.9 Å². The van der Waals surface area contributed by atoms with Gasteiger partial charge in [-0.3, -0.25) is 43.5 Å². The molecule has 0 unspecified atom stereocenters. The molecule has 3 aromatic carbocycles. The van der Waals surface area contributed by atoms with E-state index < -0.39 is 21.3 Å². The van der Waals surface area contributed by atoms with Gasteiger partial charge in [0.2, 0.25) is 21.9 Å². The lowest BCUT2D eigenvalue weighted by Crippen LogP contribution is -2.49. The number of piperazine rings is 1. The molecule has 0 spiro atoms. The highest BCUT2D eigenvalue weighted by Crippen LogP contribution is 2.44. The second-order valence-corrected chi connectivity index (χ2v) is 22.0. The molecule has 11 rings (SSSR count). The van der Waals surface area contributed by atoms with Crippen LogP contribution in [0.15, 0.2) is 71.9 Å². The van der Waals surface area contributed by atoms with Crippen molar-refractivity contribution in [1.82, 2.24) is 49.7 Å². The molecule has 0 atom stereocenters. The maximum atomic E-state index is 15.9. The van der Waals surface area contributed by atoms with E-state index in [4.69, 9.17) is 9.72 Å². The number of halogens is 2. The van der Waals surface area contributed by atoms with Crippen LogP contribution in [-0.2, 0) is 28.9 Å². The lowest BCUT2D eigenvalue weighted by molar-refractivity contribution is -0.120. The lowest BCUT2D eigenvalue weighted by atomic mass is 9.94. The van der Waals surface area contributed by atoms with Crippen molar-refractivity contribution in [2.24, 2.45) is 20.0 Å². The smallest absolute Gasteiger partial charge is 0.329 e. The number of rotatable bonds is 14. The third-order valence-electron chi connectivity index (χ3n) is 14.2. The average molecular weight is 1080 g/mol. The van der Waals surface area contributed by atoms with Crippen molar-refractivity contribution < 1.29 is 27.1 Å². The highest BCUT2D eigenvalue weighted by molar-refractivity contribution is 9.10. The summed E-state index contributed by atoms with van der Waals surface area (Å²) in [5.41, 5.74) is 6.63. The highest BCUT2D eigenvalue weighted by atomic mass is 79.9. The van der Waals surface area contributed by atoms with E-state index in [-0.39, 0.29) is 30.6 Å². The van der Waals surface area contributed by atoms with Crippen molar-refractivity contribution in [3.05, 3.63) is 77.7 Å². The quantitative estimate of drug-likeness (QED) is 0.106. The minimum absolute atomic E-state index is 0.154. The molecule has 73 heavy (non-hydrogen) atoms. The minimum atomic E-state index is -3.64. The number of urea groups is 1. The molecule has 4 aromatic heterocycles. The summed E-state index contributed by atoms with van der Waals surface area (Å²) >= 11 is 3.60. The van der Waals surface area contributed by atoms with Crippen molar-refractivity contribution in [3.63, 3.8) is 0 Å². The Bertz CT molecular complexity index is 3410. The largest absolute Gasteiger partial charge is 0.494 e. The number of imide groups is 1. The molecular weight excluding hydrogens is 1020 g/mol. The fourth-order valence-electron chi connectivity index (χ4n) is 10.2. The number of carbonyl (C=O) groups is 2. The van der Waals surface area contributed by atoms with Crippen LogP contribution in [0.4, 0.5) is 55.2 Å². The fraction of sp³-hybridized carbons (Fsp3) is 0.388. The van der Waals surface area contributed by atoms with Gasteiger partial charge < -0.3 is 25.2 Å². The van der Waals surface area contributed by atoms with E-state index in [2.05, 4.69) is 77.8 Å². The number of aryl methyl sites for hydroxylation is 2. The number of methoxy groups -OCH3 is 1. The average Bonchev–Trinajstić information content (AvgIpc) is 4.10. The maximum Gasteiger partial charge on any atom is 0.329 e. The Morgan fingerprint density at radius 2 is 1.66 bits per heavy atom. The zero-order valence-electron chi connectivity index (χ0n) is 40.7. The number of carbonyl (C=O) groups excluding carboxylic acids is 2. The summed E-state index contributed by atoms with van der Waals surface area (Å²) in [4.78, 5) is 51.1. The molecule has 3 amide bonds. The molecule has 7 heterocycles. The zero-order chi connectivity index (χ0) is 50.7. The van der Waals surface area contributed by atoms with Gasteiger partial charge in [0.25, 0.3) is 0 Å². The highest BCUT2D eigenvalue weighted by Gasteiger charge is 2.40. The summed E-state index contributed by atoms with van der Waals surface area (Å²) in [6.45, 7) is 5.76. The van der Waals surface area contributed by atoms with Crippen molar-refractivity contribution in [2.75, 3.05) is 96.2 Å². The van der Waals surface area contributed by atoms with Crippen LogP contribution in [0.1, 0.15) is 32.1 Å². The van der Waals surface area contributed by atoms with Crippen LogP contribution in [0, 0.1) is 11.7 Å². The molecule has 0 bridgehead atoms. The molecule has 4 aliphatic rings. The first-order valence-corrected chi connectivity index (χ1v) is 26.5. The van der Waals surface area contributed by atoms with Crippen LogP contribution in [0.2, 0.25) is 0 Å². The maximum absolute atomic E-state index is 15.9. The van der Waals surface area contributed by atoms with Gasteiger partial charge in [-0.25, -0.2) is 22.6 Å². The van der Waals surface area contributed by atoms with Gasteiger partial charge in [0.05, 0.1) is 51.1 Å². The van der Waals surface area contributed by atoms with Crippen LogP contribution in [0.25, 0.3) is 33.1 Å². The van der Waals surface area contributed by atoms with Gasteiger partial charge in [-0.1, -0.05) is 0 Å². The summed E-state index contributed by atoms with van der Waals surface area (Å²) < 4.78 is 54.3. The summed E-state index contributed by atoms with van der Waals surface area (Å²) in [5, 5.41) is 18.2. The number of benzene rings is 3. The summed E-state index contributed by atoms with van der Waals surface area (Å²) in [7, 11) is 3.21. The third kappa shape index (κ3) is 9.42. The van der Waals surface area contributed by atoms with Crippen LogP contribution in [-0.4, -0.2) is 137 Å². The molecule has 3 saturated heterocycles. The van der Waals surface area contributed by atoms with E-state index >= 15 is 4.39 Å². The fourth-order valence-corrected chi connectivity index (χ4v) is 12.1. The number of aromatic nitrogens is 8. The molecule has 24 heteroatoms. The Balaban J connectivity index is 0.771. The molecule has 3 N–H and O–H groups in total. The first kappa shape index (κ1) is 48.1. The van der Waals surface area contributed by atoms with Gasteiger partial charge in [0.1, 0.15) is 28.6 Å². The predicted octanol–water partition coefficient (Wildman–Crippen LogP) is 6.52. The molecular formula is C49H54BrFN16O5S. The Kier molecular flexibility index (Phi) is 12.7. The van der Waals surface area contributed by atoms with Crippen LogP contribution >= 0.6 is 15.9 Å². The topological polar surface area (TPSA) is 217 Å². The van der Waals surface area contributed by atoms with Crippen molar-refractivity contribution >= 4 is 106 Å². The molecule has 7 aromatic rings. The Labute approximate surface area is 428 Å². The summed E-state index contributed by atoms with van der Waals surface area (Å²) in [6, 6.07) is 10.4. The standard InChI is InChI=1S/C49H54BrFN16O5S/c1-61-28-30(25-55-61)32-22-38(57-48-54-26-34(50)46(59-48)56-37-8-7-36-44(53-13-12-52-36)45(37)63(3)73(70,71)31-5-6-31)42(72-4)24-40(32)65-14-9-29(10-15-65)27-64-17-19-66(20-18-64)41-23-39-33(21-35(41)51)47(60-62(39)2)67-16-11-43(68)58-49(67)69/h7-8,12-13,21-26,28-29,31H,5-6,9-11,14-20,27H2,1-4H3,(H,58,68,69)(H2,54,56,57,59). The molecule has 1 aliphatic carbocycles. The van der Waals surface area contributed by atoms with Crippen LogP contribution in [0.3, 0.4) is 0 Å². The first-order chi connectivity index (χ1) is 35.2. The Morgan fingerprint density at radius 1 is 0.890 bits per heavy atom. The van der Waals surface area contributed by atoms with Crippen LogP contribution < -0.4 is 39.7 Å². The van der Waals surface area contributed by atoms with Crippen LogP contribution in [0.5, 0.6) is 5.75 Å². The van der Waals surface area contributed by atoms with Gasteiger partial charge in [0, 0.05) is 133 Å².